The molecule has 0 spiro atoms. The molecule has 2 unspecified atom stereocenters. The topological polar surface area (TPSA) is 52.6 Å². The van der Waals surface area contributed by atoms with Gasteiger partial charge in [-0.3, -0.25) is 10.1 Å². The fraction of sp³-hybridized carbons (Fsp3) is 0.941. The maximum Gasteiger partial charge on any atom is 0.324 e. The van der Waals surface area contributed by atoms with Crippen molar-refractivity contribution in [3.63, 3.8) is 0 Å². The Balaban J connectivity index is 1.93. The highest BCUT2D eigenvalue weighted by Gasteiger charge is 2.40. The van der Waals surface area contributed by atoms with Gasteiger partial charge in [0.2, 0.25) is 0 Å². The minimum atomic E-state index is -0.803. The molecule has 0 aromatic heterocycles. The summed E-state index contributed by atoms with van der Waals surface area (Å²) in [6.07, 6.45) is 5.87. The monoisotopic (exact) mass is 296 g/mol. The zero-order valence-electron chi connectivity index (χ0n) is 14.1. The highest BCUT2D eigenvalue weighted by molar-refractivity contribution is 5.78. The molecule has 4 nitrogen and oxygen atoms in total. The minimum Gasteiger partial charge on any atom is -0.480 e. The molecule has 2 fully saturated rings. The van der Waals surface area contributed by atoms with E-state index in [9.17, 15) is 9.90 Å². The molecule has 1 saturated heterocycles. The number of nitrogens with zero attached hydrogens (tertiary/aromatic N) is 1. The second kappa shape index (κ2) is 6.25. The van der Waals surface area contributed by atoms with Crippen LogP contribution in [0.15, 0.2) is 0 Å². The number of hydrogen-bond acceptors (Lipinski definition) is 3. The van der Waals surface area contributed by atoms with Crippen molar-refractivity contribution >= 4 is 5.97 Å². The molecule has 2 rings (SSSR count). The van der Waals surface area contributed by atoms with Crippen LogP contribution in [-0.2, 0) is 4.79 Å². The first kappa shape index (κ1) is 16.8. The van der Waals surface area contributed by atoms with Crippen LogP contribution in [0.25, 0.3) is 0 Å². The van der Waals surface area contributed by atoms with Crippen LogP contribution in [0, 0.1) is 11.3 Å². The number of carboxylic acids is 1. The Morgan fingerprint density at radius 1 is 1.14 bits per heavy atom. The van der Waals surface area contributed by atoms with Crippen LogP contribution in [0.5, 0.6) is 0 Å². The quantitative estimate of drug-likeness (QED) is 0.819. The van der Waals surface area contributed by atoms with Gasteiger partial charge in [0.05, 0.1) is 0 Å². The van der Waals surface area contributed by atoms with E-state index in [1.54, 1.807) is 0 Å². The largest absolute Gasteiger partial charge is 0.480 e. The Labute approximate surface area is 129 Å². The molecule has 2 atom stereocenters. The van der Waals surface area contributed by atoms with E-state index >= 15 is 0 Å². The average molecular weight is 296 g/mol. The van der Waals surface area contributed by atoms with Crippen molar-refractivity contribution in [2.45, 2.75) is 71.4 Å². The first-order valence-corrected chi connectivity index (χ1v) is 8.44. The molecule has 1 aliphatic carbocycles. The van der Waals surface area contributed by atoms with Crippen LogP contribution in [0.4, 0.5) is 0 Å². The van der Waals surface area contributed by atoms with Crippen LogP contribution in [0.2, 0.25) is 0 Å². The van der Waals surface area contributed by atoms with Gasteiger partial charge in [0.15, 0.2) is 0 Å². The number of carbonyl (C=O) groups is 1. The molecule has 0 radical (unpaired) electrons. The summed E-state index contributed by atoms with van der Waals surface area (Å²) in [6, 6.07) is 0.417. The van der Waals surface area contributed by atoms with E-state index < -0.39 is 11.5 Å². The fourth-order valence-electron chi connectivity index (χ4n) is 3.48. The fourth-order valence-corrected chi connectivity index (χ4v) is 3.48. The molecular weight excluding hydrogens is 264 g/mol. The highest BCUT2D eigenvalue weighted by atomic mass is 16.4. The number of likely N-dealkylation sites (tertiary alicyclic amines) is 1. The van der Waals surface area contributed by atoms with E-state index in [0.29, 0.717) is 18.0 Å². The van der Waals surface area contributed by atoms with Crippen LogP contribution < -0.4 is 5.32 Å². The van der Waals surface area contributed by atoms with E-state index in [2.05, 4.69) is 31.0 Å². The summed E-state index contributed by atoms with van der Waals surface area (Å²) in [5, 5.41) is 12.9. The molecule has 2 N–H and O–H groups in total. The predicted molar refractivity (Wildman–Crippen MR) is 85.4 cm³/mol. The molecule has 1 aliphatic heterocycles. The summed E-state index contributed by atoms with van der Waals surface area (Å²) in [5.41, 5.74) is -0.443. The Morgan fingerprint density at radius 3 is 2.33 bits per heavy atom. The van der Waals surface area contributed by atoms with Gasteiger partial charge in [0.1, 0.15) is 5.54 Å². The molecule has 1 heterocycles. The van der Waals surface area contributed by atoms with E-state index in [0.717, 1.165) is 31.8 Å². The number of aliphatic carboxylic acids is 1. The van der Waals surface area contributed by atoms with E-state index in [-0.39, 0.29) is 0 Å². The van der Waals surface area contributed by atoms with Gasteiger partial charge >= 0.3 is 5.97 Å². The zero-order valence-corrected chi connectivity index (χ0v) is 14.1. The number of carboxylic acid groups (broad SMARTS) is 1. The lowest BCUT2D eigenvalue weighted by Crippen LogP contribution is -2.57. The number of nitrogens with one attached hydrogen (secondary N) is 1. The molecular formula is C17H32N2O2. The molecule has 0 bridgehead atoms. The zero-order chi connectivity index (χ0) is 15.7. The SMILES string of the molecule is CC(CN1CCCC(C(C)(C)C)CC1)(NC1CC1)C(=O)O. The van der Waals surface area contributed by atoms with Gasteiger partial charge in [0.25, 0.3) is 0 Å². The summed E-state index contributed by atoms with van der Waals surface area (Å²) in [5.74, 6) is 0.0287. The van der Waals surface area contributed by atoms with Crippen LogP contribution in [0.1, 0.15) is 59.8 Å². The molecule has 0 amide bonds. The summed E-state index contributed by atoms with van der Waals surface area (Å²) in [6.45, 7) is 11.5. The van der Waals surface area contributed by atoms with E-state index in [4.69, 9.17) is 0 Å². The van der Waals surface area contributed by atoms with Crippen molar-refractivity contribution in [2.75, 3.05) is 19.6 Å². The van der Waals surface area contributed by atoms with Gasteiger partial charge in [-0.05, 0) is 63.5 Å². The van der Waals surface area contributed by atoms with E-state index in [1.807, 2.05) is 6.92 Å². The lowest BCUT2D eigenvalue weighted by molar-refractivity contribution is -0.145. The third-order valence-electron chi connectivity index (χ3n) is 5.16. The van der Waals surface area contributed by atoms with Crippen LogP contribution in [-0.4, -0.2) is 47.2 Å². The molecule has 21 heavy (non-hydrogen) atoms. The predicted octanol–water partition coefficient (Wildman–Crippen LogP) is 2.73. The highest BCUT2D eigenvalue weighted by Crippen LogP contribution is 2.34. The summed E-state index contributed by atoms with van der Waals surface area (Å²) in [4.78, 5) is 14.0. The molecule has 2 aliphatic rings. The normalized spacial score (nSPS) is 27.9. The Morgan fingerprint density at radius 2 is 1.81 bits per heavy atom. The van der Waals surface area contributed by atoms with Gasteiger partial charge in [0, 0.05) is 12.6 Å². The maximum atomic E-state index is 11.7. The van der Waals surface area contributed by atoms with Crippen molar-refractivity contribution < 1.29 is 9.90 Å². The van der Waals surface area contributed by atoms with Gasteiger partial charge in [-0.1, -0.05) is 20.8 Å². The lowest BCUT2D eigenvalue weighted by atomic mass is 9.77. The lowest BCUT2D eigenvalue weighted by Gasteiger charge is -2.33. The van der Waals surface area contributed by atoms with E-state index in [1.165, 1.54) is 19.3 Å². The first-order valence-electron chi connectivity index (χ1n) is 8.44. The van der Waals surface area contributed by atoms with Gasteiger partial charge in [-0.25, -0.2) is 0 Å². The van der Waals surface area contributed by atoms with Gasteiger partial charge in [-0.15, -0.1) is 0 Å². The smallest absolute Gasteiger partial charge is 0.324 e. The first-order chi connectivity index (χ1) is 9.71. The molecule has 0 aromatic rings. The minimum absolute atomic E-state index is 0.359. The van der Waals surface area contributed by atoms with Crippen LogP contribution >= 0.6 is 0 Å². The third-order valence-corrected chi connectivity index (χ3v) is 5.16. The Kier molecular flexibility index (Phi) is 4.99. The summed E-state index contributed by atoms with van der Waals surface area (Å²) >= 11 is 0. The van der Waals surface area contributed by atoms with Crippen molar-refractivity contribution in [2.24, 2.45) is 11.3 Å². The summed E-state index contributed by atoms with van der Waals surface area (Å²) < 4.78 is 0. The molecule has 0 aromatic carbocycles. The van der Waals surface area contributed by atoms with Gasteiger partial charge in [-0.2, -0.15) is 0 Å². The molecule has 122 valence electrons. The maximum absolute atomic E-state index is 11.7. The molecule has 1 saturated carbocycles. The van der Waals surface area contributed by atoms with Crippen molar-refractivity contribution in [1.29, 1.82) is 0 Å². The Hall–Kier alpha value is -0.610. The molecule has 4 heteroatoms. The average Bonchev–Trinajstić information content (AvgIpc) is 3.15. The van der Waals surface area contributed by atoms with Crippen molar-refractivity contribution in [1.82, 2.24) is 10.2 Å². The second-order valence-electron chi connectivity index (χ2n) is 8.33. The van der Waals surface area contributed by atoms with Crippen LogP contribution in [0.3, 0.4) is 0 Å². The Bertz CT molecular complexity index is 373. The van der Waals surface area contributed by atoms with Crippen molar-refractivity contribution in [3.8, 4) is 0 Å². The summed E-state index contributed by atoms with van der Waals surface area (Å²) in [7, 11) is 0. The van der Waals surface area contributed by atoms with Gasteiger partial charge < -0.3 is 10.0 Å². The van der Waals surface area contributed by atoms with Crippen molar-refractivity contribution in [3.05, 3.63) is 0 Å². The number of rotatable bonds is 5. The number of hydrogen-bond donors (Lipinski definition) is 2. The third kappa shape index (κ3) is 4.68. The second-order valence-corrected chi connectivity index (χ2v) is 8.33. The standard InChI is InChI=1S/C17H32N2O2/c1-16(2,3)13-6-5-10-19(11-9-13)12-17(4,15(20)21)18-14-7-8-14/h13-14,18H,5-12H2,1-4H3,(H,20,21).